The summed E-state index contributed by atoms with van der Waals surface area (Å²) in [7, 11) is 0. The zero-order chi connectivity index (χ0) is 10.7. The molecule has 0 bridgehead atoms. The van der Waals surface area contributed by atoms with Crippen LogP contribution in [0.5, 0.6) is 0 Å². The van der Waals surface area contributed by atoms with E-state index < -0.39 is 0 Å². The summed E-state index contributed by atoms with van der Waals surface area (Å²) in [5.41, 5.74) is 1.83. The Labute approximate surface area is 92.9 Å². The average molecular weight is 223 g/mol. The molecule has 0 saturated carbocycles. The van der Waals surface area contributed by atoms with Gasteiger partial charge in [0.25, 0.3) is 0 Å². The first-order valence-corrected chi connectivity index (χ1v) is 5.03. The van der Waals surface area contributed by atoms with Gasteiger partial charge in [0.15, 0.2) is 0 Å². The van der Waals surface area contributed by atoms with Crippen molar-refractivity contribution in [1.82, 2.24) is 9.78 Å². The third-order valence-corrected chi connectivity index (χ3v) is 2.53. The molecule has 78 valence electrons. The van der Waals surface area contributed by atoms with Gasteiger partial charge < -0.3 is 5.11 Å². The number of nitrogens with zero attached hydrogens (tertiary/aromatic N) is 2. The zero-order valence-corrected chi connectivity index (χ0v) is 8.85. The Bertz CT molecular complexity index is 453. The molecule has 1 heterocycles. The van der Waals surface area contributed by atoms with Gasteiger partial charge in [0.05, 0.1) is 19.3 Å². The monoisotopic (exact) mass is 222 g/mol. The molecule has 0 amide bonds. The molecule has 3 nitrogen and oxygen atoms in total. The van der Waals surface area contributed by atoms with E-state index in [2.05, 4.69) is 5.10 Å². The van der Waals surface area contributed by atoms with Crippen LogP contribution < -0.4 is 0 Å². The fraction of sp³-hybridized carbons (Fsp3) is 0.182. The molecule has 1 aromatic heterocycles. The summed E-state index contributed by atoms with van der Waals surface area (Å²) in [6, 6.07) is 7.65. The third kappa shape index (κ3) is 2.37. The molecule has 0 saturated heterocycles. The predicted octanol–water partition coefficient (Wildman–Crippen LogP) is 2.08. The summed E-state index contributed by atoms with van der Waals surface area (Å²) < 4.78 is 1.76. The second-order valence-corrected chi connectivity index (χ2v) is 3.70. The molecule has 0 aliphatic carbocycles. The Morgan fingerprint density at radius 1 is 1.33 bits per heavy atom. The van der Waals surface area contributed by atoms with Crippen LogP contribution in [0.25, 0.3) is 0 Å². The second kappa shape index (κ2) is 4.47. The normalized spacial score (nSPS) is 10.5. The smallest absolute Gasteiger partial charge is 0.0712 e. The molecule has 4 heteroatoms. The molecule has 1 N–H and O–H groups in total. The van der Waals surface area contributed by atoms with Crippen LogP contribution >= 0.6 is 11.6 Å². The van der Waals surface area contributed by atoms with Crippen LogP contribution in [-0.4, -0.2) is 14.9 Å². The number of aliphatic hydroxyl groups is 1. The topological polar surface area (TPSA) is 38.1 Å². The number of hydrogen-bond acceptors (Lipinski definition) is 2. The highest BCUT2D eigenvalue weighted by Crippen LogP contribution is 2.15. The first-order valence-electron chi connectivity index (χ1n) is 4.65. The fourth-order valence-corrected chi connectivity index (χ4v) is 1.57. The van der Waals surface area contributed by atoms with Gasteiger partial charge in [-0.3, -0.25) is 4.68 Å². The summed E-state index contributed by atoms with van der Waals surface area (Å²) in [5, 5.41) is 13.7. The van der Waals surface area contributed by atoms with Gasteiger partial charge in [-0.15, -0.1) is 0 Å². The quantitative estimate of drug-likeness (QED) is 0.864. The highest BCUT2D eigenvalue weighted by atomic mass is 35.5. The maximum atomic E-state index is 8.89. The first-order chi connectivity index (χ1) is 7.29. The number of benzene rings is 1. The van der Waals surface area contributed by atoms with E-state index in [0.29, 0.717) is 6.54 Å². The minimum absolute atomic E-state index is 0.0164. The van der Waals surface area contributed by atoms with Crippen molar-refractivity contribution in [2.24, 2.45) is 0 Å². The van der Waals surface area contributed by atoms with Gasteiger partial charge in [-0.25, -0.2) is 0 Å². The number of aromatic nitrogens is 2. The molecule has 2 aromatic rings. The largest absolute Gasteiger partial charge is 0.392 e. The predicted molar refractivity (Wildman–Crippen MR) is 58.7 cm³/mol. The Morgan fingerprint density at radius 2 is 2.13 bits per heavy atom. The van der Waals surface area contributed by atoms with Crippen LogP contribution in [-0.2, 0) is 13.2 Å². The van der Waals surface area contributed by atoms with E-state index in [1.807, 2.05) is 30.5 Å². The van der Waals surface area contributed by atoms with E-state index in [0.717, 1.165) is 16.1 Å². The van der Waals surface area contributed by atoms with Crippen molar-refractivity contribution in [2.75, 3.05) is 0 Å². The lowest BCUT2D eigenvalue weighted by molar-refractivity contribution is 0.281. The van der Waals surface area contributed by atoms with E-state index in [1.54, 1.807) is 10.9 Å². The minimum atomic E-state index is 0.0164. The first kappa shape index (κ1) is 10.2. The van der Waals surface area contributed by atoms with Gasteiger partial charge in [-0.05, 0) is 11.6 Å². The lowest BCUT2D eigenvalue weighted by Gasteiger charge is -2.03. The number of rotatable bonds is 3. The number of hydrogen-bond donors (Lipinski definition) is 1. The highest BCUT2D eigenvalue weighted by molar-refractivity contribution is 6.31. The SMILES string of the molecule is OCc1cnn(Cc2ccccc2Cl)c1. The lowest BCUT2D eigenvalue weighted by Crippen LogP contribution is -2.00. The summed E-state index contributed by atoms with van der Waals surface area (Å²) in [5.74, 6) is 0. The summed E-state index contributed by atoms with van der Waals surface area (Å²) in [4.78, 5) is 0. The van der Waals surface area contributed by atoms with Gasteiger partial charge in [-0.2, -0.15) is 5.10 Å². The molecule has 0 fully saturated rings. The highest BCUT2D eigenvalue weighted by Gasteiger charge is 2.01. The van der Waals surface area contributed by atoms with E-state index >= 15 is 0 Å². The minimum Gasteiger partial charge on any atom is -0.392 e. The van der Waals surface area contributed by atoms with Crippen LogP contribution in [0.1, 0.15) is 11.1 Å². The van der Waals surface area contributed by atoms with E-state index in [4.69, 9.17) is 16.7 Å². The molecule has 0 unspecified atom stereocenters. The molecule has 2 rings (SSSR count). The van der Waals surface area contributed by atoms with Crippen molar-refractivity contribution < 1.29 is 5.11 Å². The lowest BCUT2D eigenvalue weighted by atomic mass is 10.2. The van der Waals surface area contributed by atoms with Gasteiger partial charge in [0, 0.05) is 16.8 Å². The van der Waals surface area contributed by atoms with Crippen LogP contribution in [0.2, 0.25) is 5.02 Å². The van der Waals surface area contributed by atoms with Gasteiger partial charge in [0.1, 0.15) is 0 Å². The van der Waals surface area contributed by atoms with Crippen molar-refractivity contribution in [3.63, 3.8) is 0 Å². The third-order valence-electron chi connectivity index (χ3n) is 2.16. The summed E-state index contributed by atoms with van der Waals surface area (Å²) in [6.07, 6.45) is 3.46. The molecule has 0 radical (unpaired) electrons. The second-order valence-electron chi connectivity index (χ2n) is 3.30. The maximum absolute atomic E-state index is 8.89. The van der Waals surface area contributed by atoms with Crippen LogP contribution in [0.15, 0.2) is 36.7 Å². The van der Waals surface area contributed by atoms with E-state index in [9.17, 15) is 0 Å². The van der Waals surface area contributed by atoms with Crippen LogP contribution in [0.3, 0.4) is 0 Å². The Hall–Kier alpha value is -1.32. The molecular weight excluding hydrogens is 212 g/mol. The molecule has 0 aliphatic rings. The number of aliphatic hydroxyl groups excluding tert-OH is 1. The molecule has 0 aliphatic heterocycles. The Balaban J connectivity index is 2.18. The van der Waals surface area contributed by atoms with Crippen molar-refractivity contribution >= 4 is 11.6 Å². The Morgan fingerprint density at radius 3 is 2.80 bits per heavy atom. The molecular formula is C11H11ClN2O. The molecule has 15 heavy (non-hydrogen) atoms. The maximum Gasteiger partial charge on any atom is 0.0712 e. The van der Waals surface area contributed by atoms with Crippen LogP contribution in [0, 0.1) is 0 Å². The molecule has 0 atom stereocenters. The van der Waals surface area contributed by atoms with Crippen molar-refractivity contribution in [1.29, 1.82) is 0 Å². The summed E-state index contributed by atoms with van der Waals surface area (Å²) >= 11 is 6.02. The van der Waals surface area contributed by atoms with Crippen molar-refractivity contribution in [3.05, 3.63) is 52.8 Å². The zero-order valence-electron chi connectivity index (χ0n) is 8.10. The number of halogens is 1. The van der Waals surface area contributed by atoms with Gasteiger partial charge in [-0.1, -0.05) is 29.8 Å². The van der Waals surface area contributed by atoms with Crippen molar-refractivity contribution in [3.8, 4) is 0 Å². The van der Waals surface area contributed by atoms with E-state index in [1.165, 1.54) is 0 Å². The standard InChI is InChI=1S/C11H11ClN2O/c12-11-4-2-1-3-10(11)7-14-6-9(8-15)5-13-14/h1-6,15H,7-8H2. The van der Waals surface area contributed by atoms with Crippen molar-refractivity contribution in [2.45, 2.75) is 13.2 Å². The summed E-state index contributed by atoms with van der Waals surface area (Å²) in [6.45, 7) is 0.641. The van der Waals surface area contributed by atoms with Gasteiger partial charge in [0.2, 0.25) is 0 Å². The molecule has 1 aromatic carbocycles. The van der Waals surface area contributed by atoms with Gasteiger partial charge >= 0.3 is 0 Å². The average Bonchev–Trinajstić information content (AvgIpc) is 2.69. The Kier molecular flexibility index (Phi) is 3.04. The fourth-order valence-electron chi connectivity index (χ4n) is 1.38. The van der Waals surface area contributed by atoms with E-state index in [-0.39, 0.29) is 6.61 Å². The van der Waals surface area contributed by atoms with Crippen LogP contribution in [0.4, 0.5) is 0 Å². The molecule has 0 spiro atoms.